The Morgan fingerprint density at radius 1 is 1.09 bits per heavy atom. The summed E-state index contributed by atoms with van der Waals surface area (Å²) in [7, 11) is 1.77. The number of nitrogens with zero attached hydrogens (tertiary/aromatic N) is 5. The summed E-state index contributed by atoms with van der Waals surface area (Å²) in [6, 6.07) is 12.0. The van der Waals surface area contributed by atoms with Crippen molar-refractivity contribution < 1.29 is 23.1 Å². The van der Waals surface area contributed by atoms with Crippen molar-refractivity contribution in [1.82, 2.24) is 19.7 Å². The summed E-state index contributed by atoms with van der Waals surface area (Å²) in [6.07, 6.45) is -3.05. The highest BCUT2D eigenvalue weighted by atomic mass is 35.5. The Balaban J connectivity index is 1.61. The molecule has 4 aromatic rings. The summed E-state index contributed by atoms with van der Waals surface area (Å²) >= 11 is 6.31. The van der Waals surface area contributed by atoms with Gasteiger partial charge in [0.25, 0.3) is 5.91 Å². The van der Waals surface area contributed by atoms with Crippen LogP contribution in [0.2, 0.25) is 5.15 Å². The second-order valence-electron chi connectivity index (χ2n) is 8.06. The SMILES string of the molecule is Cn1cnnc1-c1cc(CO)ccc1-c1cc(Cl)nc(N2Cc3c(cccc3C(F)(F)F)C2=O)c1. The molecule has 0 fully saturated rings. The summed E-state index contributed by atoms with van der Waals surface area (Å²) in [5.41, 5.74) is 1.58. The molecule has 1 N–H and O–H groups in total. The van der Waals surface area contributed by atoms with Crippen molar-refractivity contribution in [2.24, 2.45) is 7.05 Å². The number of pyridine rings is 1. The zero-order valence-corrected chi connectivity index (χ0v) is 19.0. The van der Waals surface area contributed by atoms with E-state index in [2.05, 4.69) is 15.2 Å². The molecule has 7 nitrogen and oxygen atoms in total. The largest absolute Gasteiger partial charge is 0.416 e. The highest BCUT2D eigenvalue weighted by Crippen LogP contribution is 2.40. The zero-order chi connectivity index (χ0) is 24.9. The van der Waals surface area contributed by atoms with Crippen LogP contribution in [0.1, 0.15) is 27.0 Å². The van der Waals surface area contributed by atoms with Crippen molar-refractivity contribution in [3.8, 4) is 22.5 Å². The van der Waals surface area contributed by atoms with Crippen molar-refractivity contribution in [3.63, 3.8) is 0 Å². The van der Waals surface area contributed by atoms with Gasteiger partial charge in [0.15, 0.2) is 5.82 Å². The van der Waals surface area contributed by atoms with E-state index in [4.69, 9.17) is 11.6 Å². The van der Waals surface area contributed by atoms with Crippen LogP contribution in [-0.4, -0.2) is 30.8 Å². The Hall–Kier alpha value is -3.76. The highest BCUT2D eigenvalue weighted by Gasteiger charge is 2.40. The summed E-state index contributed by atoms with van der Waals surface area (Å²) in [6.45, 7) is -0.466. The number of anilines is 1. The first-order chi connectivity index (χ1) is 16.7. The molecule has 0 saturated carbocycles. The minimum atomic E-state index is -4.59. The maximum Gasteiger partial charge on any atom is 0.416 e. The Kier molecular flexibility index (Phi) is 5.57. The van der Waals surface area contributed by atoms with Gasteiger partial charge < -0.3 is 9.67 Å². The fourth-order valence-electron chi connectivity index (χ4n) is 4.21. The number of hydrogen-bond donors (Lipinski definition) is 1. The number of aliphatic hydroxyl groups excluding tert-OH is 1. The maximum atomic E-state index is 13.5. The molecule has 178 valence electrons. The second kappa shape index (κ2) is 8.47. The lowest BCUT2D eigenvalue weighted by atomic mass is 9.97. The Labute approximate surface area is 202 Å². The number of carbonyl (C=O) groups excluding carboxylic acids is 1. The predicted octanol–water partition coefficient (Wildman–Crippen LogP) is 4.87. The van der Waals surface area contributed by atoms with Gasteiger partial charge in [-0.25, -0.2) is 4.98 Å². The highest BCUT2D eigenvalue weighted by molar-refractivity contribution is 6.30. The van der Waals surface area contributed by atoms with Crippen LogP contribution in [0.15, 0.2) is 54.9 Å². The number of fused-ring (bicyclic) bond motifs is 1. The molecule has 0 unspecified atom stereocenters. The van der Waals surface area contributed by atoms with E-state index in [1.165, 1.54) is 23.4 Å². The third-order valence-corrected chi connectivity index (χ3v) is 6.05. The van der Waals surface area contributed by atoms with E-state index in [-0.39, 0.29) is 35.2 Å². The van der Waals surface area contributed by atoms with Crippen LogP contribution < -0.4 is 4.90 Å². The molecule has 0 aliphatic carbocycles. The fraction of sp³-hybridized carbons (Fsp3) is 0.167. The average molecular weight is 500 g/mol. The first-order valence-electron chi connectivity index (χ1n) is 10.4. The van der Waals surface area contributed by atoms with Gasteiger partial charge >= 0.3 is 6.18 Å². The molecule has 1 aliphatic rings. The van der Waals surface area contributed by atoms with Gasteiger partial charge in [0.2, 0.25) is 0 Å². The Morgan fingerprint density at radius 3 is 2.57 bits per heavy atom. The van der Waals surface area contributed by atoms with Gasteiger partial charge in [0.05, 0.1) is 18.7 Å². The smallest absolute Gasteiger partial charge is 0.392 e. The van der Waals surface area contributed by atoms with Crippen molar-refractivity contribution in [3.05, 3.63) is 82.3 Å². The lowest BCUT2D eigenvalue weighted by molar-refractivity contribution is -0.138. The van der Waals surface area contributed by atoms with Gasteiger partial charge in [-0.1, -0.05) is 29.8 Å². The number of halogens is 4. The second-order valence-corrected chi connectivity index (χ2v) is 8.45. The number of aliphatic hydroxyl groups is 1. The third kappa shape index (κ3) is 4.04. The minimum Gasteiger partial charge on any atom is -0.392 e. The number of aromatic nitrogens is 4. The molecule has 1 amide bonds. The van der Waals surface area contributed by atoms with E-state index in [0.29, 0.717) is 28.1 Å². The van der Waals surface area contributed by atoms with Crippen LogP contribution in [0.3, 0.4) is 0 Å². The van der Waals surface area contributed by atoms with Gasteiger partial charge in [0.1, 0.15) is 17.3 Å². The van der Waals surface area contributed by atoms with E-state index in [0.717, 1.165) is 6.07 Å². The molecule has 3 heterocycles. The first kappa shape index (κ1) is 23.0. The third-order valence-electron chi connectivity index (χ3n) is 5.86. The predicted molar refractivity (Wildman–Crippen MR) is 123 cm³/mol. The van der Waals surface area contributed by atoms with Crippen molar-refractivity contribution in [2.45, 2.75) is 19.3 Å². The molecular formula is C24H17ClF3N5O2. The number of alkyl halides is 3. The quantitative estimate of drug-likeness (QED) is 0.405. The molecule has 1 aliphatic heterocycles. The standard InChI is InChI=1S/C24H17ClF3N5O2/c1-32-12-29-31-22(32)17-7-13(11-34)5-6-15(17)14-8-20(25)30-21(9-14)33-10-18-16(23(33)35)3-2-4-19(18)24(26,27)28/h2-9,12,34H,10-11H2,1H3. The van der Waals surface area contributed by atoms with E-state index < -0.39 is 17.6 Å². The average Bonchev–Trinajstić information content (AvgIpc) is 3.40. The summed E-state index contributed by atoms with van der Waals surface area (Å²) < 4.78 is 42.3. The van der Waals surface area contributed by atoms with Gasteiger partial charge in [-0.3, -0.25) is 9.69 Å². The number of hydrogen-bond acceptors (Lipinski definition) is 5. The molecule has 2 aromatic heterocycles. The maximum absolute atomic E-state index is 13.5. The molecule has 5 rings (SSSR count). The number of amides is 1. The van der Waals surface area contributed by atoms with Gasteiger partial charge in [-0.2, -0.15) is 13.2 Å². The normalized spacial score (nSPS) is 13.4. The molecule has 0 bridgehead atoms. The minimum absolute atomic E-state index is 0.0183. The van der Waals surface area contributed by atoms with E-state index >= 15 is 0 Å². The van der Waals surface area contributed by atoms with Crippen LogP contribution in [0.4, 0.5) is 19.0 Å². The van der Waals surface area contributed by atoms with Crippen molar-refractivity contribution >= 4 is 23.3 Å². The Bertz CT molecular complexity index is 1470. The molecule has 0 radical (unpaired) electrons. The van der Waals surface area contributed by atoms with Crippen molar-refractivity contribution in [2.75, 3.05) is 4.90 Å². The van der Waals surface area contributed by atoms with Crippen LogP contribution >= 0.6 is 11.6 Å². The topological polar surface area (TPSA) is 84.1 Å². The van der Waals surface area contributed by atoms with Crippen molar-refractivity contribution in [1.29, 1.82) is 0 Å². The number of carbonyl (C=O) groups is 1. The lowest BCUT2D eigenvalue weighted by Gasteiger charge is -2.18. The summed E-state index contributed by atoms with van der Waals surface area (Å²) in [5, 5.41) is 17.7. The van der Waals surface area contributed by atoms with Crippen LogP contribution in [0.5, 0.6) is 0 Å². The van der Waals surface area contributed by atoms with Gasteiger partial charge in [-0.15, -0.1) is 10.2 Å². The Morgan fingerprint density at radius 2 is 1.89 bits per heavy atom. The number of aryl methyl sites for hydroxylation is 1. The summed E-state index contributed by atoms with van der Waals surface area (Å²) in [4.78, 5) is 18.4. The van der Waals surface area contributed by atoms with Gasteiger partial charge in [-0.05, 0) is 52.6 Å². The molecule has 35 heavy (non-hydrogen) atoms. The number of rotatable bonds is 4. The molecule has 0 spiro atoms. The van der Waals surface area contributed by atoms with Crippen LogP contribution in [-0.2, 0) is 26.4 Å². The fourth-order valence-corrected chi connectivity index (χ4v) is 4.42. The molecule has 2 aromatic carbocycles. The van der Waals surface area contributed by atoms with E-state index in [1.807, 2.05) is 0 Å². The van der Waals surface area contributed by atoms with Crippen LogP contribution in [0, 0.1) is 0 Å². The lowest BCUT2D eigenvalue weighted by Crippen LogP contribution is -2.24. The van der Waals surface area contributed by atoms with E-state index in [1.54, 1.807) is 41.9 Å². The van der Waals surface area contributed by atoms with E-state index in [9.17, 15) is 23.1 Å². The molecular weight excluding hydrogens is 483 g/mol. The van der Waals surface area contributed by atoms with Gasteiger partial charge in [0, 0.05) is 18.2 Å². The van der Waals surface area contributed by atoms with Crippen LogP contribution in [0.25, 0.3) is 22.5 Å². The molecule has 0 saturated heterocycles. The summed E-state index contributed by atoms with van der Waals surface area (Å²) in [5.74, 6) is 0.0669. The molecule has 11 heteroatoms. The molecule has 0 atom stereocenters. The monoisotopic (exact) mass is 499 g/mol. The first-order valence-corrected chi connectivity index (χ1v) is 10.8. The number of benzene rings is 2. The zero-order valence-electron chi connectivity index (χ0n) is 18.2.